The molecule has 104 valence electrons. The van der Waals surface area contributed by atoms with E-state index in [4.69, 9.17) is 21.7 Å². The fourth-order valence-corrected chi connectivity index (χ4v) is 2.04. The maximum absolute atomic E-state index is 8.05. The lowest BCUT2D eigenvalue weighted by molar-refractivity contribution is -0.555. The Morgan fingerprint density at radius 1 is 1.45 bits per heavy atom. The molecule has 0 saturated heterocycles. The van der Waals surface area contributed by atoms with E-state index in [1.165, 1.54) is 0 Å². The Hall–Kier alpha value is -1.82. The number of aromatic nitrogens is 2. The zero-order chi connectivity index (χ0) is 14.5. The average molecular weight is 292 g/mol. The summed E-state index contributed by atoms with van der Waals surface area (Å²) < 4.78 is 5.02. The van der Waals surface area contributed by atoms with Crippen LogP contribution in [0.5, 0.6) is 0 Å². The molecule has 0 fully saturated rings. The van der Waals surface area contributed by atoms with E-state index in [1.807, 2.05) is 30.7 Å². The van der Waals surface area contributed by atoms with Gasteiger partial charge in [-0.3, -0.25) is 4.98 Å². The molecule has 2 rings (SSSR count). The van der Waals surface area contributed by atoms with Crippen LogP contribution in [0.1, 0.15) is 5.56 Å². The molecule has 2 aromatic heterocycles. The van der Waals surface area contributed by atoms with Crippen LogP contribution in [0.2, 0.25) is 5.15 Å². The summed E-state index contributed by atoms with van der Waals surface area (Å²) in [4.78, 5) is 8.60. The molecule has 0 spiro atoms. The van der Waals surface area contributed by atoms with Crippen molar-refractivity contribution in [1.29, 1.82) is 5.41 Å². The van der Waals surface area contributed by atoms with Gasteiger partial charge in [0.15, 0.2) is 0 Å². The van der Waals surface area contributed by atoms with Crippen LogP contribution >= 0.6 is 11.6 Å². The van der Waals surface area contributed by atoms with Crippen molar-refractivity contribution in [1.82, 2.24) is 9.97 Å². The zero-order valence-corrected chi connectivity index (χ0v) is 12.1. The van der Waals surface area contributed by atoms with Crippen molar-refractivity contribution in [3.8, 4) is 0 Å². The van der Waals surface area contributed by atoms with Gasteiger partial charge in [0.1, 0.15) is 11.4 Å². The van der Waals surface area contributed by atoms with E-state index in [2.05, 4.69) is 9.97 Å². The maximum atomic E-state index is 8.05. The molecule has 0 aliphatic rings. The number of quaternary nitrogens is 1. The van der Waals surface area contributed by atoms with Crippen molar-refractivity contribution in [3.05, 3.63) is 41.3 Å². The van der Waals surface area contributed by atoms with Crippen LogP contribution in [-0.2, 0) is 4.74 Å². The van der Waals surface area contributed by atoms with Gasteiger partial charge in [0, 0.05) is 18.9 Å². The highest BCUT2D eigenvalue weighted by molar-refractivity contribution is 6.29. The van der Waals surface area contributed by atoms with Gasteiger partial charge in [0.25, 0.3) is 0 Å². The summed E-state index contributed by atoms with van der Waals surface area (Å²) in [5.41, 5.74) is 3.48. The molecule has 6 heteroatoms. The number of nitrogens with one attached hydrogen (secondary N) is 1. The summed E-state index contributed by atoms with van der Waals surface area (Å²) in [6, 6.07) is 5.41. The number of hydrogen-bond acceptors (Lipinski definition) is 4. The van der Waals surface area contributed by atoms with Crippen molar-refractivity contribution in [2.45, 2.75) is 0 Å². The van der Waals surface area contributed by atoms with Gasteiger partial charge >= 0.3 is 0 Å². The Kier molecular flexibility index (Phi) is 4.79. The highest BCUT2D eigenvalue weighted by atomic mass is 35.5. The van der Waals surface area contributed by atoms with E-state index in [-0.39, 0.29) is 6.61 Å². The maximum Gasteiger partial charge on any atom is 0.129 e. The van der Waals surface area contributed by atoms with Gasteiger partial charge in [0.2, 0.25) is 0 Å². The summed E-state index contributed by atoms with van der Waals surface area (Å²) in [5.74, 6) is 0. The minimum absolute atomic E-state index is 0.251. The van der Waals surface area contributed by atoms with Crippen LogP contribution < -0.4 is 5.32 Å². The van der Waals surface area contributed by atoms with Crippen molar-refractivity contribution in [3.63, 3.8) is 0 Å². The molecular weight excluding hydrogens is 276 g/mol. The van der Waals surface area contributed by atoms with E-state index in [9.17, 15) is 0 Å². The summed E-state index contributed by atoms with van der Waals surface area (Å²) in [6.45, 7) is 0.251. The van der Waals surface area contributed by atoms with E-state index in [1.54, 1.807) is 19.4 Å². The molecule has 2 aromatic rings. The van der Waals surface area contributed by atoms with Gasteiger partial charge in [-0.2, -0.15) is 0 Å². The van der Waals surface area contributed by atoms with Crippen LogP contribution in [0.4, 0.5) is 0 Å². The van der Waals surface area contributed by atoms with Crippen LogP contribution in [-0.4, -0.2) is 36.4 Å². The normalized spacial score (nSPS) is 11.8. The van der Waals surface area contributed by atoms with Crippen LogP contribution in [0.15, 0.2) is 30.6 Å². The first-order valence-corrected chi connectivity index (χ1v) is 6.52. The lowest BCUT2D eigenvalue weighted by Gasteiger charge is -2.08. The number of fused-ring (bicyclic) bond motifs is 1. The minimum Gasteiger partial charge on any atom is -0.378 e. The average Bonchev–Trinajstić information content (AvgIpc) is 2.44. The molecular formula is C14H16ClN4O+. The summed E-state index contributed by atoms with van der Waals surface area (Å²) in [6.07, 6.45) is 3.60. The lowest BCUT2D eigenvalue weighted by Crippen LogP contribution is -2.73. The van der Waals surface area contributed by atoms with Crippen LogP contribution in [0.3, 0.4) is 0 Å². The van der Waals surface area contributed by atoms with Gasteiger partial charge in [0.05, 0.1) is 36.0 Å². The molecule has 2 heterocycles. The van der Waals surface area contributed by atoms with Gasteiger partial charge in [-0.25, -0.2) is 4.98 Å². The number of pyridine rings is 2. The third-order valence-corrected chi connectivity index (χ3v) is 2.97. The first-order chi connectivity index (χ1) is 9.65. The number of hydrogen-bond donors (Lipinski definition) is 2. The molecule has 5 nitrogen and oxygen atoms in total. The second kappa shape index (κ2) is 6.56. The molecule has 0 unspecified atom stereocenters. The van der Waals surface area contributed by atoms with Crippen molar-refractivity contribution in [2.75, 3.05) is 20.8 Å². The number of rotatable bonds is 5. The molecule has 20 heavy (non-hydrogen) atoms. The summed E-state index contributed by atoms with van der Waals surface area (Å²) in [5, 5.41) is 10.4. The van der Waals surface area contributed by atoms with Gasteiger partial charge in [-0.15, -0.1) is 0 Å². The van der Waals surface area contributed by atoms with E-state index in [0.29, 0.717) is 16.4 Å². The molecule has 0 aliphatic carbocycles. The van der Waals surface area contributed by atoms with Gasteiger partial charge in [-0.1, -0.05) is 11.6 Å². The molecule has 0 amide bonds. The number of nitrogens with two attached hydrogens (primary N) is 1. The first kappa shape index (κ1) is 14.6. The topological polar surface area (TPSA) is 75.5 Å². The molecule has 0 aliphatic heterocycles. The number of ether oxygens (including phenoxy) is 1. The molecule has 0 radical (unpaired) electrons. The van der Waals surface area contributed by atoms with E-state index < -0.39 is 0 Å². The van der Waals surface area contributed by atoms with E-state index in [0.717, 1.165) is 16.7 Å². The highest BCUT2D eigenvalue weighted by Crippen LogP contribution is 2.20. The van der Waals surface area contributed by atoms with Crippen molar-refractivity contribution >= 4 is 33.9 Å². The second-order valence-corrected chi connectivity index (χ2v) is 4.61. The Morgan fingerprint density at radius 3 is 2.95 bits per heavy atom. The van der Waals surface area contributed by atoms with E-state index >= 15 is 0 Å². The Morgan fingerprint density at radius 2 is 2.25 bits per heavy atom. The third kappa shape index (κ3) is 3.19. The van der Waals surface area contributed by atoms with Gasteiger partial charge < -0.3 is 15.5 Å². The Balaban J connectivity index is 2.48. The van der Waals surface area contributed by atoms with Crippen molar-refractivity contribution in [2.24, 2.45) is 0 Å². The number of methoxy groups -OCH3 is 1. The summed E-state index contributed by atoms with van der Waals surface area (Å²) >= 11 is 5.90. The fourth-order valence-electron chi connectivity index (χ4n) is 1.89. The predicted molar refractivity (Wildman–Crippen MR) is 80.0 cm³/mol. The van der Waals surface area contributed by atoms with Crippen LogP contribution in [0.25, 0.3) is 16.6 Å². The summed E-state index contributed by atoms with van der Waals surface area (Å²) in [7, 11) is 3.48. The largest absolute Gasteiger partial charge is 0.378 e. The molecule has 0 saturated carbocycles. The zero-order valence-electron chi connectivity index (χ0n) is 11.4. The quantitative estimate of drug-likeness (QED) is 0.647. The fraction of sp³-hybridized carbons (Fsp3) is 0.214. The highest BCUT2D eigenvalue weighted by Gasteiger charge is 2.11. The molecule has 0 aromatic carbocycles. The second-order valence-electron chi connectivity index (χ2n) is 4.22. The van der Waals surface area contributed by atoms with Crippen LogP contribution in [0, 0.1) is 5.41 Å². The predicted octanol–water partition coefficient (Wildman–Crippen LogP) is 1.48. The molecule has 0 bridgehead atoms. The monoisotopic (exact) mass is 291 g/mol. The number of halogens is 1. The SMILES string of the molecule is C[NH2+]C=C(C(=N)COC)c1cnc2ccc(Cl)nc2c1. The minimum atomic E-state index is 0.251. The Bertz CT molecular complexity index is 669. The standard InChI is InChI=1S/C14H15ClN4O/c1-17-7-10(11(16)8-20-2)9-5-13-12(18-6-9)3-4-14(15)19-13/h3-7,16-17H,8H2,1-2H3/p+1. The molecule has 0 atom stereocenters. The lowest BCUT2D eigenvalue weighted by atomic mass is 10.0. The van der Waals surface area contributed by atoms with Gasteiger partial charge in [-0.05, 0) is 18.2 Å². The Labute approximate surface area is 122 Å². The van der Waals surface area contributed by atoms with Crippen molar-refractivity contribution < 1.29 is 10.1 Å². The first-order valence-electron chi connectivity index (χ1n) is 6.14. The third-order valence-electron chi connectivity index (χ3n) is 2.76. The number of nitrogens with zero attached hydrogens (tertiary/aromatic N) is 2. The smallest absolute Gasteiger partial charge is 0.129 e. The molecule has 3 N–H and O–H groups in total.